The molecule has 1 heteroatoms. The maximum atomic E-state index is 10.6. The minimum absolute atomic E-state index is 0.310. The summed E-state index contributed by atoms with van der Waals surface area (Å²) in [7, 11) is 0. The molecule has 0 unspecified atom stereocenters. The van der Waals surface area contributed by atoms with Crippen LogP contribution < -0.4 is 0 Å². The highest BCUT2D eigenvalue weighted by Crippen LogP contribution is 2.36. The van der Waals surface area contributed by atoms with Gasteiger partial charge in [0.2, 0.25) is 0 Å². The quantitative estimate of drug-likeness (QED) is 0.630. The summed E-state index contributed by atoms with van der Waals surface area (Å²) < 4.78 is 0. The molecule has 68 valence electrons. The van der Waals surface area contributed by atoms with Crippen molar-refractivity contribution in [2.75, 3.05) is 0 Å². The van der Waals surface area contributed by atoms with E-state index in [9.17, 15) is 4.79 Å². The zero-order valence-corrected chi connectivity index (χ0v) is 7.65. The average Bonchev–Trinajstić information content (AvgIpc) is 2.67. The molecule has 1 saturated carbocycles. The summed E-state index contributed by atoms with van der Waals surface area (Å²) >= 11 is 0. The molecule has 0 aliphatic heterocycles. The van der Waals surface area contributed by atoms with Crippen LogP contribution >= 0.6 is 0 Å². The van der Waals surface area contributed by atoms with Crippen molar-refractivity contribution in [1.29, 1.82) is 0 Å². The molecular formula is C12H14O. The van der Waals surface area contributed by atoms with Gasteiger partial charge in [-0.2, -0.15) is 0 Å². The predicted molar refractivity (Wildman–Crippen MR) is 52.6 cm³/mol. The third-order valence-electron chi connectivity index (χ3n) is 2.94. The van der Waals surface area contributed by atoms with Crippen LogP contribution in [-0.2, 0) is 4.79 Å². The second kappa shape index (κ2) is 3.73. The third-order valence-corrected chi connectivity index (χ3v) is 2.94. The predicted octanol–water partition coefficient (Wildman–Crippen LogP) is 2.77. The summed E-state index contributed by atoms with van der Waals surface area (Å²) in [4.78, 5) is 10.6. The molecule has 0 N–H and O–H groups in total. The number of benzene rings is 1. The molecule has 0 amide bonds. The van der Waals surface area contributed by atoms with E-state index >= 15 is 0 Å². The van der Waals surface area contributed by atoms with Crippen LogP contribution in [0.2, 0.25) is 0 Å². The molecule has 0 spiro atoms. The molecule has 1 aliphatic rings. The molecule has 1 aliphatic carbocycles. The highest BCUT2D eigenvalue weighted by molar-refractivity contribution is 5.54. The lowest BCUT2D eigenvalue weighted by Crippen LogP contribution is -1.96. The lowest BCUT2D eigenvalue weighted by molar-refractivity contribution is -0.110. The monoisotopic (exact) mass is 174 g/mol. The van der Waals surface area contributed by atoms with E-state index in [1.807, 2.05) is 6.07 Å². The highest BCUT2D eigenvalue weighted by atomic mass is 16.1. The van der Waals surface area contributed by atoms with Gasteiger partial charge in [0.15, 0.2) is 0 Å². The minimum atomic E-state index is 0.310. The van der Waals surface area contributed by atoms with E-state index in [1.165, 1.54) is 12.0 Å². The minimum Gasteiger partial charge on any atom is -0.303 e. The van der Waals surface area contributed by atoms with Crippen molar-refractivity contribution in [3.8, 4) is 0 Å². The van der Waals surface area contributed by atoms with Crippen molar-refractivity contribution in [2.24, 2.45) is 5.92 Å². The van der Waals surface area contributed by atoms with Crippen LogP contribution in [0.25, 0.3) is 0 Å². The zero-order chi connectivity index (χ0) is 9.10. The van der Waals surface area contributed by atoms with Gasteiger partial charge < -0.3 is 4.79 Å². The molecule has 0 radical (unpaired) electrons. The topological polar surface area (TPSA) is 17.1 Å². The fraction of sp³-hybridized carbons (Fsp3) is 0.417. The standard InChI is InChI=1S/C12H14O/c13-9-10-6-7-12(8-10)11-4-2-1-3-5-11/h1-5,9-10,12H,6-8H2/t10-,12+/m0/s1. The van der Waals surface area contributed by atoms with Crippen molar-refractivity contribution in [1.82, 2.24) is 0 Å². The van der Waals surface area contributed by atoms with Gasteiger partial charge in [0, 0.05) is 5.92 Å². The van der Waals surface area contributed by atoms with Gasteiger partial charge in [0.1, 0.15) is 6.29 Å². The largest absolute Gasteiger partial charge is 0.303 e. The Morgan fingerprint density at radius 3 is 2.54 bits per heavy atom. The maximum Gasteiger partial charge on any atom is 0.123 e. The Labute approximate surface area is 78.8 Å². The first-order chi connectivity index (χ1) is 6.40. The van der Waals surface area contributed by atoms with E-state index in [1.54, 1.807) is 0 Å². The number of rotatable bonds is 2. The van der Waals surface area contributed by atoms with E-state index in [2.05, 4.69) is 24.3 Å². The van der Waals surface area contributed by atoms with Crippen molar-refractivity contribution < 1.29 is 4.79 Å². The van der Waals surface area contributed by atoms with Gasteiger partial charge in [-0.05, 0) is 30.7 Å². The van der Waals surface area contributed by atoms with Gasteiger partial charge in [-0.3, -0.25) is 0 Å². The zero-order valence-electron chi connectivity index (χ0n) is 7.65. The van der Waals surface area contributed by atoms with Gasteiger partial charge in [-0.1, -0.05) is 30.3 Å². The molecule has 1 aromatic rings. The Hall–Kier alpha value is -1.11. The maximum absolute atomic E-state index is 10.6. The number of hydrogen-bond donors (Lipinski definition) is 0. The summed E-state index contributed by atoms with van der Waals surface area (Å²) in [5, 5.41) is 0. The van der Waals surface area contributed by atoms with Crippen molar-refractivity contribution in [3.63, 3.8) is 0 Å². The number of aldehydes is 1. The summed E-state index contributed by atoms with van der Waals surface area (Å²) in [5.74, 6) is 0.932. The molecule has 13 heavy (non-hydrogen) atoms. The Morgan fingerprint density at radius 2 is 1.92 bits per heavy atom. The molecule has 2 rings (SSSR count). The number of carbonyl (C=O) groups excluding carboxylic acids is 1. The molecule has 1 aromatic carbocycles. The summed E-state index contributed by atoms with van der Waals surface area (Å²) in [5.41, 5.74) is 1.40. The Balaban J connectivity index is 2.08. The first-order valence-corrected chi connectivity index (χ1v) is 4.90. The number of hydrogen-bond acceptors (Lipinski definition) is 1. The van der Waals surface area contributed by atoms with Crippen molar-refractivity contribution in [3.05, 3.63) is 35.9 Å². The van der Waals surface area contributed by atoms with E-state index < -0.39 is 0 Å². The Morgan fingerprint density at radius 1 is 1.15 bits per heavy atom. The third kappa shape index (κ3) is 1.80. The van der Waals surface area contributed by atoms with Gasteiger partial charge in [0.25, 0.3) is 0 Å². The molecule has 0 heterocycles. The average molecular weight is 174 g/mol. The molecule has 1 nitrogen and oxygen atoms in total. The van der Waals surface area contributed by atoms with Crippen LogP contribution in [0.3, 0.4) is 0 Å². The van der Waals surface area contributed by atoms with Gasteiger partial charge >= 0.3 is 0 Å². The SMILES string of the molecule is O=C[C@H]1CC[C@@H](c2ccccc2)C1. The Bertz CT molecular complexity index is 278. The first-order valence-electron chi connectivity index (χ1n) is 4.90. The fourth-order valence-corrected chi connectivity index (χ4v) is 2.17. The van der Waals surface area contributed by atoms with E-state index in [-0.39, 0.29) is 0 Å². The molecule has 0 saturated heterocycles. The second-order valence-corrected chi connectivity index (χ2v) is 3.82. The van der Waals surface area contributed by atoms with Crippen molar-refractivity contribution >= 4 is 6.29 Å². The molecule has 1 fully saturated rings. The van der Waals surface area contributed by atoms with Gasteiger partial charge in [-0.25, -0.2) is 0 Å². The van der Waals surface area contributed by atoms with Crippen LogP contribution in [0.15, 0.2) is 30.3 Å². The van der Waals surface area contributed by atoms with Crippen LogP contribution in [-0.4, -0.2) is 6.29 Å². The smallest absolute Gasteiger partial charge is 0.123 e. The van der Waals surface area contributed by atoms with Crippen LogP contribution in [0.1, 0.15) is 30.7 Å². The molecule has 0 bridgehead atoms. The van der Waals surface area contributed by atoms with Crippen molar-refractivity contribution in [2.45, 2.75) is 25.2 Å². The summed E-state index contributed by atoms with van der Waals surface area (Å²) in [6.45, 7) is 0. The van der Waals surface area contributed by atoms with Crippen LogP contribution in [0.4, 0.5) is 0 Å². The second-order valence-electron chi connectivity index (χ2n) is 3.82. The highest BCUT2D eigenvalue weighted by Gasteiger charge is 2.24. The van der Waals surface area contributed by atoms with Crippen LogP contribution in [0, 0.1) is 5.92 Å². The van der Waals surface area contributed by atoms with Gasteiger partial charge in [0.05, 0.1) is 0 Å². The van der Waals surface area contributed by atoms with Gasteiger partial charge in [-0.15, -0.1) is 0 Å². The number of carbonyl (C=O) groups is 1. The van der Waals surface area contributed by atoms with E-state index in [0.717, 1.165) is 19.1 Å². The fourth-order valence-electron chi connectivity index (χ4n) is 2.17. The Kier molecular flexibility index (Phi) is 2.44. The lowest BCUT2D eigenvalue weighted by Gasteiger charge is -2.08. The molecular weight excluding hydrogens is 160 g/mol. The lowest BCUT2D eigenvalue weighted by atomic mass is 9.97. The summed E-state index contributed by atoms with van der Waals surface area (Å²) in [6.07, 6.45) is 4.41. The molecule has 0 aromatic heterocycles. The normalized spacial score (nSPS) is 27.4. The molecule has 2 atom stereocenters. The first kappa shape index (κ1) is 8.49. The summed E-state index contributed by atoms with van der Waals surface area (Å²) in [6, 6.07) is 10.5. The van der Waals surface area contributed by atoms with E-state index in [4.69, 9.17) is 0 Å². The van der Waals surface area contributed by atoms with E-state index in [0.29, 0.717) is 11.8 Å². The van der Waals surface area contributed by atoms with Crippen LogP contribution in [0.5, 0.6) is 0 Å².